The fourth-order valence-corrected chi connectivity index (χ4v) is 2.92. The molecule has 156 valence electrons. The number of pyridine rings is 1. The molecule has 0 saturated heterocycles. The van der Waals surface area contributed by atoms with Gasteiger partial charge in [0.25, 0.3) is 5.91 Å². The Kier molecular flexibility index (Phi) is 6.54. The van der Waals surface area contributed by atoms with E-state index in [1.54, 1.807) is 35.3 Å². The van der Waals surface area contributed by atoms with Gasteiger partial charge >= 0.3 is 0 Å². The summed E-state index contributed by atoms with van der Waals surface area (Å²) in [6.45, 7) is 1.51. The molecule has 0 bridgehead atoms. The molecule has 2 aromatic carbocycles. The van der Waals surface area contributed by atoms with Crippen molar-refractivity contribution >= 4 is 11.6 Å². The summed E-state index contributed by atoms with van der Waals surface area (Å²) in [5, 5.41) is 7.02. The van der Waals surface area contributed by atoms with E-state index in [1.165, 1.54) is 0 Å². The zero-order valence-electron chi connectivity index (χ0n) is 16.8. The van der Waals surface area contributed by atoms with Gasteiger partial charge in [0, 0.05) is 42.0 Å². The van der Waals surface area contributed by atoms with E-state index in [9.17, 15) is 4.79 Å². The van der Waals surface area contributed by atoms with Crippen LogP contribution in [0.1, 0.15) is 15.9 Å². The highest BCUT2D eigenvalue weighted by Gasteiger charge is 2.09. The van der Waals surface area contributed by atoms with E-state index in [0.717, 1.165) is 5.56 Å². The smallest absolute Gasteiger partial charge is 0.255 e. The third kappa shape index (κ3) is 5.93. The summed E-state index contributed by atoms with van der Waals surface area (Å²) >= 11 is 0. The highest BCUT2D eigenvalue weighted by Crippen LogP contribution is 2.19. The molecular weight excluding hydrogens is 392 g/mol. The Hall–Kier alpha value is -4.13. The molecule has 0 saturated carbocycles. The predicted octanol–water partition coefficient (Wildman–Crippen LogP) is 4.19. The number of benzene rings is 2. The molecule has 0 aliphatic rings. The standard InChI is InChI=1S/C24H22N4O3/c29-24(20-10-12-25-23(16-20)31-18-19-6-2-1-3-7-19)27-21-8-4-9-22(17-21)30-15-14-28-13-5-11-26-28/h1-13,16-17H,14-15,18H2,(H,27,29). The molecule has 2 heterocycles. The van der Waals surface area contributed by atoms with Crippen LogP contribution < -0.4 is 14.8 Å². The largest absolute Gasteiger partial charge is 0.492 e. The highest BCUT2D eigenvalue weighted by atomic mass is 16.5. The van der Waals surface area contributed by atoms with Crippen molar-refractivity contribution in [1.82, 2.24) is 14.8 Å². The maximum absolute atomic E-state index is 12.7. The number of ether oxygens (including phenoxy) is 2. The van der Waals surface area contributed by atoms with E-state index >= 15 is 0 Å². The van der Waals surface area contributed by atoms with Gasteiger partial charge in [-0.3, -0.25) is 9.48 Å². The molecule has 4 rings (SSSR count). The lowest BCUT2D eigenvalue weighted by Crippen LogP contribution is -2.13. The van der Waals surface area contributed by atoms with Gasteiger partial charge in [-0.05, 0) is 29.8 Å². The van der Waals surface area contributed by atoms with Crippen molar-refractivity contribution in [2.24, 2.45) is 0 Å². The Balaban J connectivity index is 1.33. The summed E-state index contributed by atoms with van der Waals surface area (Å²) in [6, 6.07) is 22.2. The van der Waals surface area contributed by atoms with Crippen molar-refractivity contribution in [2.75, 3.05) is 11.9 Å². The van der Waals surface area contributed by atoms with E-state index in [4.69, 9.17) is 9.47 Å². The minimum absolute atomic E-state index is 0.249. The minimum Gasteiger partial charge on any atom is -0.492 e. The molecule has 7 nitrogen and oxygen atoms in total. The summed E-state index contributed by atoms with van der Waals surface area (Å²) < 4.78 is 13.3. The van der Waals surface area contributed by atoms with Crippen LogP contribution in [0.4, 0.5) is 5.69 Å². The maximum atomic E-state index is 12.7. The van der Waals surface area contributed by atoms with Crippen molar-refractivity contribution in [3.63, 3.8) is 0 Å². The fraction of sp³-hybridized carbons (Fsp3) is 0.125. The Morgan fingerprint density at radius 2 is 1.84 bits per heavy atom. The van der Waals surface area contributed by atoms with Gasteiger partial charge < -0.3 is 14.8 Å². The van der Waals surface area contributed by atoms with Gasteiger partial charge in [0.05, 0.1) is 6.54 Å². The minimum atomic E-state index is -0.249. The molecule has 0 unspecified atom stereocenters. The summed E-state index contributed by atoms with van der Waals surface area (Å²) in [5.74, 6) is 0.819. The van der Waals surface area contributed by atoms with Crippen LogP contribution in [0.15, 0.2) is 91.4 Å². The first-order valence-corrected chi connectivity index (χ1v) is 9.91. The number of anilines is 1. The van der Waals surface area contributed by atoms with Crippen LogP contribution in [-0.4, -0.2) is 27.3 Å². The van der Waals surface area contributed by atoms with E-state index in [2.05, 4.69) is 15.4 Å². The second-order valence-electron chi connectivity index (χ2n) is 6.76. The quantitative estimate of drug-likeness (QED) is 0.444. The lowest BCUT2D eigenvalue weighted by Gasteiger charge is -2.10. The van der Waals surface area contributed by atoms with Crippen molar-refractivity contribution in [3.8, 4) is 11.6 Å². The zero-order valence-corrected chi connectivity index (χ0v) is 16.8. The van der Waals surface area contributed by atoms with Gasteiger partial charge in [0.2, 0.25) is 5.88 Å². The van der Waals surface area contributed by atoms with Crippen LogP contribution in [0.25, 0.3) is 0 Å². The summed E-state index contributed by atoms with van der Waals surface area (Å²) in [5.41, 5.74) is 2.14. The number of aromatic nitrogens is 3. The second kappa shape index (κ2) is 10.1. The number of carbonyl (C=O) groups excluding carboxylic acids is 1. The number of amides is 1. The van der Waals surface area contributed by atoms with Crippen molar-refractivity contribution < 1.29 is 14.3 Å². The molecule has 31 heavy (non-hydrogen) atoms. The number of nitrogens with one attached hydrogen (secondary N) is 1. The Morgan fingerprint density at radius 3 is 2.68 bits per heavy atom. The van der Waals surface area contributed by atoms with Gasteiger partial charge in [0.15, 0.2) is 0 Å². The Bertz CT molecular complexity index is 1110. The third-order valence-electron chi connectivity index (χ3n) is 4.47. The average molecular weight is 414 g/mol. The third-order valence-corrected chi connectivity index (χ3v) is 4.47. The molecule has 0 atom stereocenters. The van der Waals surface area contributed by atoms with Gasteiger partial charge in [-0.15, -0.1) is 0 Å². The summed E-state index contributed by atoms with van der Waals surface area (Å²) in [6.07, 6.45) is 5.17. The van der Waals surface area contributed by atoms with Crippen LogP contribution in [0.3, 0.4) is 0 Å². The molecule has 0 fully saturated rings. The number of hydrogen-bond donors (Lipinski definition) is 1. The van der Waals surface area contributed by atoms with E-state index < -0.39 is 0 Å². The molecule has 0 radical (unpaired) electrons. The second-order valence-corrected chi connectivity index (χ2v) is 6.76. The Morgan fingerprint density at radius 1 is 0.935 bits per heavy atom. The van der Waals surface area contributed by atoms with Crippen LogP contribution in [0.2, 0.25) is 0 Å². The SMILES string of the molecule is O=C(Nc1cccc(OCCn2cccn2)c1)c1ccnc(OCc2ccccc2)c1. The Labute approximate surface area is 180 Å². The first-order valence-electron chi connectivity index (χ1n) is 9.91. The molecule has 1 N–H and O–H groups in total. The number of hydrogen-bond acceptors (Lipinski definition) is 5. The van der Waals surface area contributed by atoms with Crippen LogP contribution in [0, 0.1) is 0 Å². The highest BCUT2D eigenvalue weighted by molar-refractivity contribution is 6.04. The fourth-order valence-electron chi connectivity index (χ4n) is 2.92. The van der Waals surface area contributed by atoms with Crippen molar-refractivity contribution in [3.05, 3.63) is 103 Å². The molecule has 4 aromatic rings. The predicted molar refractivity (Wildman–Crippen MR) is 117 cm³/mol. The molecule has 7 heteroatoms. The zero-order chi connectivity index (χ0) is 21.3. The lowest BCUT2D eigenvalue weighted by molar-refractivity contribution is 0.102. The lowest BCUT2D eigenvalue weighted by atomic mass is 10.2. The topological polar surface area (TPSA) is 78.3 Å². The average Bonchev–Trinajstić information content (AvgIpc) is 3.32. The van der Waals surface area contributed by atoms with Crippen LogP contribution in [0.5, 0.6) is 11.6 Å². The first-order chi connectivity index (χ1) is 15.3. The molecular formula is C24H22N4O3. The monoisotopic (exact) mass is 414 g/mol. The van der Waals surface area contributed by atoms with Gasteiger partial charge in [-0.1, -0.05) is 36.4 Å². The molecule has 2 aromatic heterocycles. The van der Waals surface area contributed by atoms with Gasteiger partial charge in [-0.25, -0.2) is 4.98 Å². The normalized spacial score (nSPS) is 10.5. The van der Waals surface area contributed by atoms with Crippen LogP contribution >= 0.6 is 0 Å². The van der Waals surface area contributed by atoms with E-state index in [-0.39, 0.29) is 5.91 Å². The molecule has 1 amide bonds. The number of carbonyl (C=O) groups is 1. The summed E-state index contributed by atoms with van der Waals surface area (Å²) in [4.78, 5) is 16.9. The molecule has 0 aliphatic carbocycles. The summed E-state index contributed by atoms with van der Waals surface area (Å²) in [7, 11) is 0. The van der Waals surface area contributed by atoms with Gasteiger partial charge in [-0.2, -0.15) is 5.10 Å². The molecule has 0 spiro atoms. The van der Waals surface area contributed by atoms with Gasteiger partial charge in [0.1, 0.15) is 19.0 Å². The van der Waals surface area contributed by atoms with Crippen LogP contribution in [-0.2, 0) is 13.2 Å². The number of nitrogens with zero attached hydrogens (tertiary/aromatic N) is 3. The van der Waals surface area contributed by atoms with Crippen molar-refractivity contribution in [2.45, 2.75) is 13.2 Å². The maximum Gasteiger partial charge on any atom is 0.255 e. The van der Waals surface area contributed by atoms with E-state index in [1.807, 2.05) is 60.8 Å². The van der Waals surface area contributed by atoms with E-state index in [0.29, 0.717) is 42.6 Å². The number of rotatable bonds is 9. The van der Waals surface area contributed by atoms with Crippen molar-refractivity contribution in [1.29, 1.82) is 0 Å². The molecule has 0 aliphatic heterocycles. The first kappa shape index (κ1) is 20.2.